The van der Waals surface area contributed by atoms with E-state index in [2.05, 4.69) is 6.08 Å². The van der Waals surface area contributed by atoms with Gasteiger partial charge in [0.1, 0.15) is 28.6 Å². The number of Topliss-reactive ketones (excluding diaryl/α,β-unsaturated/α-hetero) is 1. The zero-order valence-electron chi connectivity index (χ0n) is 17.9. The summed E-state index contributed by atoms with van der Waals surface area (Å²) in [5.74, 6) is -1.18. The molecule has 0 aromatic heterocycles. The molecule has 2 aromatic carbocycles. The first-order valence-corrected chi connectivity index (χ1v) is 10.2. The predicted octanol–water partition coefficient (Wildman–Crippen LogP) is 4.72. The molecule has 1 heterocycles. The fraction of sp³-hybridized carbons (Fsp3) is 0.320. The molecule has 4 N–H and O–H groups in total. The Hall–Kier alpha value is -3.25. The van der Waals surface area contributed by atoms with Crippen LogP contribution in [0.15, 0.2) is 53.6 Å². The number of aromatic hydroxyl groups is 3. The van der Waals surface area contributed by atoms with Crippen molar-refractivity contribution in [1.29, 1.82) is 0 Å². The number of phenolic OH excluding ortho intramolecular Hbond substituents is 3. The van der Waals surface area contributed by atoms with E-state index in [9.17, 15) is 25.2 Å². The van der Waals surface area contributed by atoms with Crippen molar-refractivity contribution in [2.75, 3.05) is 0 Å². The molecule has 0 spiro atoms. The highest BCUT2D eigenvalue weighted by molar-refractivity contribution is 6.06. The van der Waals surface area contributed by atoms with Crippen LogP contribution in [0.2, 0.25) is 0 Å². The number of rotatable bonds is 6. The standard InChI is InChI=1S/C25H28O6/c1-14(2)5-4-6-15(3)7-12-18-19(27)13-20-21(22(18)28)23(29)24(30)25(31-20)16-8-10-17(26)11-9-16/h5,7-11,13,24-28,30H,4,6,12H2,1-3H3/t24-,25+/m0/s1. The molecule has 0 bridgehead atoms. The lowest BCUT2D eigenvalue weighted by Gasteiger charge is -2.30. The van der Waals surface area contributed by atoms with Crippen LogP contribution in [0, 0.1) is 0 Å². The van der Waals surface area contributed by atoms with Crippen LogP contribution in [0.1, 0.15) is 61.2 Å². The van der Waals surface area contributed by atoms with Crippen molar-refractivity contribution in [2.45, 2.75) is 52.2 Å². The molecule has 0 amide bonds. The van der Waals surface area contributed by atoms with Gasteiger partial charge in [0.2, 0.25) is 5.78 Å². The van der Waals surface area contributed by atoms with E-state index in [1.54, 1.807) is 12.1 Å². The number of hydrogen-bond acceptors (Lipinski definition) is 6. The van der Waals surface area contributed by atoms with Gasteiger partial charge in [0.05, 0.1) is 0 Å². The van der Waals surface area contributed by atoms with Gasteiger partial charge in [-0.05, 0) is 57.7 Å². The Morgan fingerprint density at radius 1 is 1.06 bits per heavy atom. The smallest absolute Gasteiger partial charge is 0.202 e. The number of aliphatic hydroxyl groups excluding tert-OH is 1. The van der Waals surface area contributed by atoms with Crippen molar-refractivity contribution >= 4 is 5.78 Å². The predicted molar refractivity (Wildman–Crippen MR) is 118 cm³/mol. The molecule has 0 radical (unpaired) electrons. The fourth-order valence-electron chi connectivity index (χ4n) is 3.57. The van der Waals surface area contributed by atoms with E-state index in [0.717, 1.165) is 18.4 Å². The molecule has 31 heavy (non-hydrogen) atoms. The third-order valence-corrected chi connectivity index (χ3v) is 5.37. The molecular formula is C25H28O6. The van der Waals surface area contributed by atoms with E-state index in [-0.39, 0.29) is 40.5 Å². The molecule has 2 aromatic rings. The van der Waals surface area contributed by atoms with Gasteiger partial charge in [0, 0.05) is 11.6 Å². The second kappa shape index (κ2) is 9.27. The zero-order valence-corrected chi connectivity index (χ0v) is 17.9. The number of carbonyl (C=O) groups is 1. The fourth-order valence-corrected chi connectivity index (χ4v) is 3.57. The Labute approximate surface area is 181 Å². The third kappa shape index (κ3) is 4.91. The topological polar surface area (TPSA) is 107 Å². The molecular weight excluding hydrogens is 396 g/mol. The van der Waals surface area contributed by atoms with E-state index in [1.807, 2.05) is 26.8 Å². The summed E-state index contributed by atoms with van der Waals surface area (Å²) < 4.78 is 5.76. The van der Waals surface area contributed by atoms with Gasteiger partial charge in [-0.3, -0.25) is 4.79 Å². The first-order chi connectivity index (χ1) is 14.7. The number of benzene rings is 2. The van der Waals surface area contributed by atoms with Crippen molar-refractivity contribution in [1.82, 2.24) is 0 Å². The van der Waals surface area contributed by atoms with Gasteiger partial charge in [-0.25, -0.2) is 0 Å². The van der Waals surface area contributed by atoms with Crippen molar-refractivity contribution in [3.05, 3.63) is 70.3 Å². The average molecular weight is 424 g/mol. The first-order valence-electron chi connectivity index (χ1n) is 10.2. The van der Waals surface area contributed by atoms with Crippen LogP contribution in [0.3, 0.4) is 0 Å². The number of hydrogen-bond donors (Lipinski definition) is 4. The molecule has 6 heteroatoms. The normalized spacial score (nSPS) is 18.3. The molecule has 1 aliphatic rings. The molecule has 0 unspecified atom stereocenters. The molecule has 164 valence electrons. The van der Waals surface area contributed by atoms with E-state index < -0.39 is 18.0 Å². The highest BCUT2D eigenvalue weighted by Crippen LogP contribution is 2.45. The molecule has 0 aliphatic carbocycles. The summed E-state index contributed by atoms with van der Waals surface area (Å²) in [6.07, 6.45) is 3.52. The Morgan fingerprint density at radius 2 is 1.74 bits per heavy atom. The van der Waals surface area contributed by atoms with Gasteiger partial charge < -0.3 is 25.2 Å². The number of allylic oxidation sites excluding steroid dienone is 4. The van der Waals surface area contributed by atoms with Gasteiger partial charge in [-0.15, -0.1) is 0 Å². The summed E-state index contributed by atoms with van der Waals surface area (Å²) in [6, 6.07) is 7.23. The van der Waals surface area contributed by atoms with Gasteiger partial charge in [0.25, 0.3) is 0 Å². The summed E-state index contributed by atoms with van der Waals surface area (Å²) >= 11 is 0. The number of ketones is 1. The lowest BCUT2D eigenvalue weighted by molar-refractivity contribution is 0.0210. The lowest BCUT2D eigenvalue weighted by Crippen LogP contribution is -2.36. The van der Waals surface area contributed by atoms with Gasteiger partial charge in [0.15, 0.2) is 12.2 Å². The molecule has 2 atom stereocenters. The highest BCUT2D eigenvalue weighted by Gasteiger charge is 2.40. The van der Waals surface area contributed by atoms with Crippen molar-refractivity contribution in [3.63, 3.8) is 0 Å². The molecule has 6 nitrogen and oxygen atoms in total. The zero-order chi connectivity index (χ0) is 22.7. The second-order valence-electron chi connectivity index (χ2n) is 8.11. The summed E-state index contributed by atoms with van der Waals surface area (Å²) in [5.41, 5.74) is 2.92. The maximum atomic E-state index is 12.9. The number of ether oxygens (including phenoxy) is 1. The Kier molecular flexibility index (Phi) is 6.71. The molecule has 1 aliphatic heterocycles. The second-order valence-corrected chi connectivity index (χ2v) is 8.11. The number of carbonyl (C=O) groups excluding carboxylic acids is 1. The van der Waals surface area contributed by atoms with Gasteiger partial charge in [-0.2, -0.15) is 0 Å². The Morgan fingerprint density at radius 3 is 2.39 bits per heavy atom. The number of aliphatic hydroxyl groups is 1. The SMILES string of the molecule is CC(C)=CCCC(C)=CCc1c(O)cc2c(c1O)C(=O)[C@H](O)[C@@H](c1ccc(O)cc1)O2. The summed E-state index contributed by atoms with van der Waals surface area (Å²) in [4.78, 5) is 12.9. The van der Waals surface area contributed by atoms with E-state index in [4.69, 9.17) is 4.74 Å². The Bertz CT molecular complexity index is 1030. The van der Waals surface area contributed by atoms with Gasteiger partial charge in [-0.1, -0.05) is 35.4 Å². The minimum absolute atomic E-state index is 0.0105. The largest absolute Gasteiger partial charge is 0.508 e. The lowest BCUT2D eigenvalue weighted by atomic mass is 9.90. The van der Waals surface area contributed by atoms with Gasteiger partial charge >= 0.3 is 0 Å². The maximum Gasteiger partial charge on any atom is 0.202 e. The quantitative estimate of drug-likeness (QED) is 0.500. The molecule has 0 saturated carbocycles. The molecule has 0 fully saturated rings. The van der Waals surface area contributed by atoms with E-state index in [1.165, 1.54) is 23.8 Å². The third-order valence-electron chi connectivity index (χ3n) is 5.37. The molecule has 3 rings (SSSR count). The van der Waals surface area contributed by atoms with Crippen LogP contribution >= 0.6 is 0 Å². The van der Waals surface area contributed by atoms with Crippen LogP contribution in [0.4, 0.5) is 0 Å². The highest BCUT2D eigenvalue weighted by atomic mass is 16.5. The first kappa shape index (κ1) is 22.4. The number of fused-ring (bicyclic) bond motifs is 1. The van der Waals surface area contributed by atoms with Crippen molar-refractivity contribution < 1.29 is 30.0 Å². The van der Waals surface area contributed by atoms with Crippen molar-refractivity contribution in [3.8, 4) is 23.0 Å². The maximum absolute atomic E-state index is 12.9. The summed E-state index contributed by atoms with van der Waals surface area (Å²) in [7, 11) is 0. The van der Waals surface area contributed by atoms with Crippen LogP contribution in [-0.4, -0.2) is 32.3 Å². The van der Waals surface area contributed by atoms with Crippen LogP contribution < -0.4 is 4.74 Å². The van der Waals surface area contributed by atoms with Crippen LogP contribution in [0.25, 0.3) is 0 Å². The minimum Gasteiger partial charge on any atom is -0.508 e. The summed E-state index contributed by atoms with van der Waals surface area (Å²) in [5, 5.41) is 41.2. The van der Waals surface area contributed by atoms with E-state index in [0.29, 0.717) is 5.56 Å². The average Bonchev–Trinajstić information content (AvgIpc) is 2.70. The monoisotopic (exact) mass is 424 g/mol. The number of phenols is 3. The van der Waals surface area contributed by atoms with E-state index >= 15 is 0 Å². The van der Waals surface area contributed by atoms with Crippen molar-refractivity contribution in [2.24, 2.45) is 0 Å². The van der Waals surface area contributed by atoms with Crippen LogP contribution in [-0.2, 0) is 6.42 Å². The Balaban J connectivity index is 1.87. The molecule has 0 saturated heterocycles. The van der Waals surface area contributed by atoms with Crippen LogP contribution in [0.5, 0.6) is 23.0 Å². The minimum atomic E-state index is -1.53. The summed E-state index contributed by atoms with van der Waals surface area (Å²) in [6.45, 7) is 6.07.